The van der Waals surface area contributed by atoms with Gasteiger partial charge in [0.25, 0.3) is 0 Å². The molecule has 1 aliphatic heterocycles. The highest BCUT2D eigenvalue weighted by Gasteiger charge is 2.55. The van der Waals surface area contributed by atoms with E-state index in [1.807, 2.05) is 6.07 Å². The van der Waals surface area contributed by atoms with E-state index in [0.29, 0.717) is 4.08 Å². The maximum atomic E-state index is 5.79. The van der Waals surface area contributed by atoms with E-state index in [1.54, 1.807) is 0 Å². The molecule has 1 saturated heterocycles. The summed E-state index contributed by atoms with van der Waals surface area (Å²) in [4.78, 5) is 0. The zero-order valence-electron chi connectivity index (χ0n) is 11.1. The summed E-state index contributed by atoms with van der Waals surface area (Å²) in [7, 11) is 0. The molecule has 1 aromatic rings. The maximum absolute atomic E-state index is 5.79. The van der Waals surface area contributed by atoms with Crippen molar-refractivity contribution in [1.29, 1.82) is 0 Å². The molecule has 1 unspecified atom stereocenters. The van der Waals surface area contributed by atoms with Gasteiger partial charge in [-0.3, -0.25) is 0 Å². The van der Waals surface area contributed by atoms with Gasteiger partial charge in [0.1, 0.15) is 0 Å². The van der Waals surface area contributed by atoms with Crippen LogP contribution in [0.25, 0.3) is 6.08 Å². The summed E-state index contributed by atoms with van der Waals surface area (Å²) in [5, 5.41) is 0. The van der Waals surface area contributed by atoms with E-state index >= 15 is 0 Å². The Morgan fingerprint density at radius 2 is 2.00 bits per heavy atom. The molecule has 3 heteroatoms. The monoisotopic (exact) mass is 292 g/mol. The van der Waals surface area contributed by atoms with Crippen molar-refractivity contribution in [2.45, 2.75) is 16.9 Å². The van der Waals surface area contributed by atoms with Crippen LogP contribution in [-0.4, -0.2) is 28.8 Å². The molecular formula is C16H20OS2. The predicted molar refractivity (Wildman–Crippen MR) is 86.7 cm³/mol. The molecule has 2 fully saturated rings. The third kappa shape index (κ3) is 3.59. The molecule has 0 radical (unpaired) electrons. The summed E-state index contributed by atoms with van der Waals surface area (Å²) in [6.45, 7) is 1.66. The highest BCUT2D eigenvalue weighted by Crippen LogP contribution is 2.63. The first-order valence-corrected chi connectivity index (χ1v) is 8.93. The summed E-state index contributed by atoms with van der Waals surface area (Å²) in [5.74, 6) is 3.47. The van der Waals surface area contributed by atoms with Crippen LogP contribution < -0.4 is 0 Å². The SMILES string of the molecule is C(=C\c1ccccc1)/COCC1CC12SCCCS2. The van der Waals surface area contributed by atoms with E-state index in [1.165, 1.54) is 29.9 Å². The van der Waals surface area contributed by atoms with Gasteiger partial charge in [-0.1, -0.05) is 42.5 Å². The fourth-order valence-electron chi connectivity index (χ4n) is 2.44. The summed E-state index contributed by atoms with van der Waals surface area (Å²) in [6.07, 6.45) is 6.98. The van der Waals surface area contributed by atoms with Crippen molar-refractivity contribution >= 4 is 29.6 Å². The predicted octanol–water partition coefficient (Wildman–Crippen LogP) is 4.30. The van der Waals surface area contributed by atoms with Crippen LogP contribution in [0.3, 0.4) is 0 Å². The molecule has 1 aromatic carbocycles. The molecule has 102 valence electrons. The van der Waals surface area contributed by atoms with Crippen molar-refractivity contribution in [2.75, 3.05) is 24.7 Å². The second kappa shape index (κ2) is 6.38. The van der Waals surface area contributed by atoms with Crippen LogP contribution in [-0.2, 0) is 4.74 Å². The van der Waals surface area contributed by atoms with Gasteiger partial charge in [0.05, 0.1) is 17.3 Å². The Morgan fingerprint density at radius 1 is 1.21 bits per heavy atom. The smallest absolute Gasteiger partial charge is 0.0666 e. The zero-order valence-corrected chi connectivity index (χ0v) is 12.7. The van der Waals surface area contributed by atoms with Gasteiger partial charge in [-0.2, -0.15) is 0 Å². The molecular weight excluding hydrogens is 272 g/mol. The van der Waals surface area contributed by atoms with Crippen LogP contribution in [0, 0.1) is 5.92 Å². The van der Waals surface area contributed by atoms with Gasteiger partial charge in [-0.05, 0) is 29.9 Å². The molecule has 1 heterocycles. The van der Waals surface area contributed by atoms with Crippen LogP contribution in [0.5, 0.6) is 0 Å². The number of thioether (sulfide) groups is 2. The normalized spacial score (nSPS) is 24.9. The molecule has 1 nitrogen and oxygen atoms in total. The average Bonchev–Trinajstić information content (AvgIpc) is 3.12. The second-order valence-electron chi connectivity index (χ2n) is 5.11. The Morgan fingerprint density at radius 3 is 2.79 bits per heavy atom. The Bertz CT molecular complexity index is 424. The van der Waals surface area contributed by atoms with Gasteiger partial charge in [-0.25, -0.2) is 0 Å². The van der Waals surface area contributed by atoms with Crippen molar-refractivity contribution < 1.29 is 4.74 Å². The molecule has 1 atom stereocenters. The highest BCUT2D eigenvalue weighted by molar-refractivity contribution is 8.19. The Labute approximate surface area is 124 Å². The molecule has 0 amide bonds. The quantitative estimate of drug-likeness (QED) is 0.749. The van der Waals surface area contributed by atoms with Crippen molar-refractivity contribution in [3.05, 3.63) is 42.0 Å². The van der Waals surface area contributed by atoms with E-state index in [0.717, 1.165) is 19.1 Å². The minimum atomic E-state index is 0.543. The Hall–Kier alpha value is -0.380. The number of rotatable bonds is 5. The zero-order chi connectivity index (χ0) is 13.0. The fraction of sp³-hybridized carbons (Fsp3) is 0.500. The lowest BCUT2D eigenvalue weighted by molar-refractivity contribution is 0.151. The number of hydrogen-bond donors (Lipinski definition) is 0. The van der Waals surface area contributed by atoms with Crippen molar-refractivity contribution in [2.24, 2.45) is 5.92 Å². The van der Waals surface area contributed by atoms with E-state index in [2.05, 4.69) is 59.9 Å². The first-order chi connectivity index (χ1) is 9.39. The lowest BCUT2D eigenvalue weighted by atomic mass is 10.2. The van der Waals surface area contributed by atoms with Gasteiger partial charge < -0.3 is 4.74 Å². The molecule has 0 bridgehead atoms. The van der Waals surface area contributed by atoms with E-state index < -0.39 is 0 Å². The number of benzene rings is 1. The Kier molecular flexibility index (Phi) is 4.57. The standard InChI is InChI=1S/C16H20OS2/c1-2-6-14(7-3-1)8-4-9-17-13-15-12-16(15)18-10-5-11-19-16/h1-4,6-8,15H,5,9-13H2/b8-4+. The lowest BCUT2D eigenvalue weighted by Crippen LogP contribution is -2.12. The molecule has 1 spiro atoms. The molecule has 3 rings (SSSR count). The van der Waals surface area contributed by atoms with Crippen LogP contribution in [0.15, 0.2) is 36.4 Å². The van der Waals surface area contributed by atoms with Crippen LogP contribution in [0.1, 0.15) is 18.4 Å². The molecule has 0 aromatic heterocycles. The van der Waals surface area contributed by atoms with Gasteiger partial charge in [0.2, 0.25) is 0 Å². The lowest BCUT2D eigenvalue weighted by Gasteiger charge is -2.21. The number of hydrogen-bond acceptors (Lipinski definition) is 3. The summed E-state index contributed by atoms with van der Waals surface area (Å²) in [5.41, 5.74) is 1.24. The second-order valence-corrected chi connectivity index (χ2v) is 8.22. The third-order valence-corrected chi connectivity index (χ3v) is 7.29. The highest BCUT2D eigenvalue weighted by atomic mass is 32.2. The number of ether oxygens (including phenoxy) is 1. The fourth-order valence-corrected chi connectivity index (χ4v) is 5.97. The van der Waals surface area contributed by atoms with Gasteiger partial charge in [-0.15, -0.1) is 23.5 Å². The first kappa shape index (κ1) is 13.6. The van der Waals surface area contributed by atoms with Crippen LogP contribution >= 0.6 is 23.5 Å². The molecule has 0 N–H and O–H groups in total. The minimum Gasteiger partial charge on any atom is -0.377 e. The van der Waals surface area contributed by atoms with Gasteiger partial charge >= 0.3 is 0 Å². The molecule has 1 saturated carbocycles. The summed E-state index contributed by atoms with van der Waals surface area (Å²) in [6, 6.07) is 10.4. The first-order valence-electron chi connectivity index (χ1n) is 6.96. The van der Waals surface area contributed by atoms with Crippen LogP contribution in [0.2, 0.25) is 0 Å². The van der Waals surface area contributed by atoms with Crippen LogP contribution in [0.4, 0.5) is 0 Å². The molecule has 19 heavy (non-hydrogen) atoms. The molecule has 2 aliphatic rings. The topological polar surface area (TPSA) is 9.23 Å². The van der Waals surface area contributed by atoms with E-state index in [9.17, 15) is 0 Å². The largest absolute Gasteiger partial charge is 0.377 e. The maximum Gasteiger partial charge on any atom is 0.0666 e. The van der Waals surface area contributed by atoms with E-state index in [4.69, 9.17) is 4.74 Å². The van der Waals surface area contributed by atoms with Gasteiger partial charge in [0, 0.05) is 5.92 Å². The molecule has 1 aliphatic carbocycles. The van der Waals surface area contributed by atoms with Gasteiger partial charge in [0.15, 0.2) is 0 Å². The van der Waals surface area contributed by atoms with Crippen molar-refractivity contribution in [3.8, 4) is 0 Å². The Balaban J connectivity index is 1.35. The average molecular weight is 292 g/mol. The van der Waals surface area contributed by atoms with Crippen molar-refractivity contribution in [3.63, 3.8) is 0 Å². The third-order valence-electron chi connectivity index (χ3n) is 3.62. The summed E-state index contributed by atoms with van der Waals surface area (Å²) < 4.78 is 6.34. The van der Waals surface area contributed by atoms with E-state index in [-0.39, 0.29) is 0 Å². The summed E-state index contributed by atoms with van der Waals surface area (Å²) >= 11 is 4.33. The van der Waals surface area contributed by atoms with Crippen molar-refractivity contribution in [1.82, 2.24) is 0 Å². The minimum absolute atomic E-state index is 0.543.